The van der Waals surface area contributed by atoms with Crippen LogP contribution < -0.4 is 0 Å². The van der Waals surface area contributed by atoms with Gasteiger partial charge in [0, 0.05) is 0 Å². The molecule has 22 heavy (non-hydrogen) atoms. The summed E-state index contributed by atoms with van der Waals surface area (Å²) in [6, 6.07) is 4.29. The molecule has 1 saturated carbocycles. The summed E-state index contributed by atoms with van der Waals surface area (Å²) in [7, 11) is 0. The Morgan fingerprint density at radius 3 is 2.27 bits per heavy atom. The Balaban J connectivity index is 1.69. The van der Waals surface area contributed by atoms with Gasteiger partial charge >= 0.3 is 0 Å². The number of benzene rings is 1. The highest BCUT2D eigenvalue weighted by molar-refractivity contribution is 5.17. The van der Waals surface area contributed by atoms with E-state index in [4.69, 9.17) is 0 Å². The second kappa shape index (κ2) is 8.45. The van der Waals surface area contributed by atoms with Gasteiger partial charge in [0.2, 0.25) is 0 Å². The van der Waals surface area contributed by atoms with E-state index >= 15 is 0 Å². The Morgan fingerprint density at radius 1 is 1.05 bits per heavy atom. The fourth-order valence-electron chi connectivity index (χ4n) is 3.46. The zero-order valence-corrected chi connectivity index (χ0v) is 13.7. The zero-order valence-electron chi connectivity index (χ0n) is 13.7. The van der Waals surface area contributed by atoms with Crippen LogP contribution in [-0.2, 0) is 6.42 Å². The van der Waals surface area contributed by atoms with Gasteiger partial charge < -0.3 is 0 Å². The Labute approximate surface area is 133 Å². The fourth-order valence-corrected chi connectivity index (χ4v) is 3.46. The predicted octanol–water partition coefficient (Wildman–Crippen LogP) is 6.45. The van der Waals surface area contributed by atoms with Gasteiger partial charge in [0.25, 0.3) is 0 Å². The molecule has 0 aromatic heterocycles. The van der Waals surface area contributed by atoms with Crippen LogP contribution in [0.5, 0.6) is 0 Å². The molecule has 1 aliphatic rings. The Bertz CT molecular complexity index is 484. The van der Waals surface area contributed by atoms with Crippen LogP contribution in [0, 0.1) is 23.5 Å². The normalized spacial score (nSPS) is 21.8. The van der Waals surface area contributed by atoms with Crippen molar-refractivity contribution in [2.45, 2.75) is 64.7 Å². The minimum absolute atomic E-state index is 0.725. The second-order valence-corrected chi connectivity index (χ2v) is 6.82. The van der Waals surface area contributed by atoms with Crippen molar-refractivity contribution < 1.29 is 8.78 Å². The van der Waals surface area contributed by atoms with Crippen LogP contribution in [0.1, 0.15) is 63.9 Å². The lowest BCUT2D eigenvalue weighted by molar-refractivity contribution is 0.253. The van der Waals surface area contributed by atoms with Crippen molar-refractivity contribution in [3.05, 3.63) is 47.5 Å². The van der Waals surface area contributed by atoms with Crippen molar-refractivity contribution in [1.29, 1.82) is 0 Å². The van der Waals surface area contributed by atoms with Crippen molar-refractivity contribution in [2.75, 3.05) is 0 Å². The standard InChI is InChI=1S/C20H28F2/c1-3-15(2)4-5-16-6-8-17(9-7-16)10-11-18-12-13-19(21)20(22)14-18/h12-14,16-17H,2-11H2,1H3. The SMILES string of the molecule is C=C(CC)CCC1CCC(CCc2ccc(F)c(F)c2)CC1. The summed E-state index contributed by atoms with van der Waals surface area (Å²) in [6.07, 6.45) is 10.7. The van der Waals surface area contributed by atoms with E-state index in [-0.39, 0.29) is 0 Å². The van der Waals surface area contributed by atoms with Gasteiger partial charge in [0.05, 0.1) is 0 Å². The van der Waals surface area contributed by atoms with Crippen molar-refractivity contribution in [1.82, 2.24) is 0 Å². The van der Waals surface area contributed by atoms with E-state index in [0.29, 0.717) is 0 Å². The third-order valence-corrected chi connectivity index (χ3v) is 5.20. The van der Waals surface area contributed by atoms with E-state index < -0.39 is 11.6 Å². The summed E-state index contributed by atoms with van der Waals surface area (Å²) in [6.45, 7) is 6.27. The molecule has 0 unspecified atom stereocenters. The minimum atomic E-state index is -0.752. The molecule has 0 radical (unpaired) electrons. The topological polar surface area (TPSA) is 0 Å². The first kappa shape index (κ1) is 17.2. The smallest absolute Gasteiger partial charge is 0.159 e. The quantitative estimate of drug-likeness (QED) is 0.508. The van der Waals surface area contributed by atoms with E-state index in [0.717, 1.165) is 36.7 Å². The fraction of sp³-hybridized carbons (Fsp3) is 0.600. The lowest BCUT2D eigenvalue weighted by Crippen LogP contribution is -2.15. The molecular formula is C20H28F2. The molecule has 1 aromatic carbocycles. The van der Waals surface area contributed by atoms with Crippen LogP contribution in [0.25, 0.3) is 0 Å². The summed E-state index contributed by atoms with van der Waals surface area (Å²) in [5, 5.41) is 0. The van der Waals surface area contributed by atoms with Crippen LogP contribution >= 0.6 is 0 Å². The van der Waals surface area contributed by atoms with Crippen molar-refractivity contribution in [3.8, 4) is 0 Å². The lowest BCUT2D eigenvalue weighted by Gasteiger charge is -2.28. The molecule has 2 rings (SSSR count). The van der Waals surface area contributed by atoms with Gasteiger partial charge in [-0.1, -0.05) is 50.8 Å². The van der Waals surface area contributed by atoms with Crippen LogP contribution in [0.3, 0.4) is 0 Å². The third-order valence-electron chi connectivity index (χ3n) is 5.20. The number of hydrogen-bond acceptors (Lipinski definition) is 0. The highest BCUT2D eigenvalue weighted by atomic mass is 19.2. The molecule has 0 N–H and O–H groups in total. The van der Waals surface area contributed by atoms with E-state index in [1.54, 1.807) is 6.07 Å². The van der Waals surface area contributed by atoms with Crippen LogP contribution in [-0.4, -0.2) is 0 Å². The van der Waals surface area contributed by atoms with Crippen molar-refractivity contribution in [3.63, 3.8) is 0 Å². The van der Waals surface area contributed by atoms with Gasteiger partial charge in [0.15, 0.2) is 11.6 Å². The molecule has 0 bridgehead atoms. The molecule has 122 valence electrons. The maximum atomic E-state index is 13.2. The van der Waals surface area contributed by atoms with Crippen molar-refractivity contribution >= 4 is 0 Å². The molecule has 0 atom stereocenters. The average molecular weight is 306 g/mol. The van der Waals surface area contributed by atoms with Gasteiger partial charge in [0.1, 0.15) is 0 Å². The molecule has 0 spiro atoms. The first-order chi connectivity index (χ1) is 10.6. The molecular weight excluding hydrogens is 278 g/mol. The maximum absolute atomic E-state index is 13.2. The number of aryl methyl sites for hydroxylation is 1. The molecule has 1 fully saturated rings. The second-order valence-electron chi connectivity index (χ2n) is 6.82. The van der Waals surface area contributed by atoms with Crippen LogP contribution in [0.2, 0.25) is 0 Å². The molecule has 0 aliphatic heterocycles. The molecule has 0 saturated heterocycles. The van der Waals surface area contributed by atoms with E-state index in [1.807, 2.05) is 0 Å². The Hall–Kier alpha value is -1.18. The van der Waals surface area contributed by atoms with Gasteiger partial charge in [-0.3, -0.25) is 0 Å². The largest absolute Gasteiger partial charge is 0.204 e. The highest BCUT2D eigenvalue weighted by Gasteiger charge is 2.21. The molecule has 1 aromatic rings. The number of halogens is 2. The number of allylic oxidation sites excluding steroid dienone is 1. The molecule has 0 nitrogen and oxygen atoms in total. The monoisotopic (exact) mass is 306 g/mol. The third kappa shape index (κ3) is 5.23. The Kier molecular flexibility index (Phi) is 6.60. The molecule has 0 amide bonds. The van der Waals surface area contributed by atoms with Gasteiger partial charge in [-0.15, -0.1) is 0 Å². The summed E-state index contributed by atoms with van der Waals surface area (Å²) >= 11 is 0. The van der Waals surface area contributed by atoms with E-state index in [9.17, 15) is 8.78 Å². The zero-order chi connectivity index (χ0) is 15.9. The van der Waals surface area contributed by atoms with E-state index in [1.165, 1.54) is 56.2 Å². The summed E-state index contributed by atoms with van der Waals surface area (Å²) in [5.74, 6) is 0.136. The summed E-state index contributed by atoms with van der Waals surface area (Å²) in [5.41, 5.74) is 2.29. The summed E-state index contributed by atoms with van der Waals surface area (Å²) < 4.78 is 26.1. The van der Waals surface area contributed by atoms with Gasteiger partial charge in [-0.05, 0) is 61.6 Å². The van der Waals surface area contributed by atoms with Gasteiger partial charge in [-0.2, -0.15) is 0 Å². The lowest BCUT2D eigenvalue weighted by atomic mass is 9.77. The molecule has 2 heteroatoms. The number of rotatable bonds is 7. The van der Waals surface area contributed by atoms with Gasteiger partial charge in [-0.25, -0.2) is 8.78 Å². The first-order valence-corrected chi connectivity index (χ1v) is 8.69. The van der Waals surface area contributed by atoms with E-state index in [2.05, 4.69) is 13.5 Å². The number of hydrogen-bond donors (Lipinski definition) is 0. The molecule has 1 aliphatic carbocycles. The predicted molar refractivity (Wildman–Crippen MR) is 88.8 cm³/mol. The average Bonchev–Trinajstić information content (AvgIpc) is 2.54. The summed E-state index contributed by atoms with van der Waals surface area (Å²) in [4.78, 5) is 0. The van der Waals surface area contributed by atoms with Crippen LogP contribution in [0.15, 0.2) is 30.4 Å². The molecule has 0 heterocycles. The van der Waals surface area contributed by atoms with Crippen molar-refractivity contribution in [2.24, 2.45) is 11.8 Å². The maximum Gasteiger partial charge on any atom is 0.159 e. The van der Waals surface area contributed by atoms with Crippen LogP contribution in [0.4, 0.5) is 8.78 Å². The highest BCUT2D eigenvalue weighted by Crippen LogP contribution is 2.34. The first-order valence-electron chi connectivity index (χ1n) is 8.69. The Morgan fingerprint density at radius 2 is 1.68 bits per heavy atom. The minimum Gasteiger partial charge on any atom is -0.204 e.